The zero-order valence-electron chi connectivity index (χ0n) is 11.7. The van der Waals surface area contributed by atoms with E-state index >= 15 is 0 Å². The summed E-state index contributed by atoms with van der Waals surface area (Å²) < 4.78 is 0. The molecule has 1 aromatic heterocycles. The van der Waals surface area contributed by atoms with Crippen molar-refractivity contribution in [3.63, 3.8) is 0 Å². The molecule has 1 N–H and O–H groups in total. The zero-order valence-corrected chi connectivity index (χ0v) is 13.2. The first kappa shape index (κ1) is 15.7. The Morgan fingerprint density at radius 2 is 1.76 bits per heavy atom. The fourth-order valence-electron chi connectivity index (χ4n) is 1.95. The highest BCUT2D eigenvalue weighted by Crippen LogP contribution is 2.23. The molecule has 0 fully saturated rings. The van der Waals surface area contributed by atoms with Crippen molar-refractivity contribution in [1.29, 1.82) is 0 Å². The Hall–Kier alpha value is -1.65. The van der Waals surface area contributed by atoms with Crippen molar-refractivity contribution in [2.75, 3.05) is 0 Å². The highest BCUT2D eigenvalue weighted by atomic mass is 35.5. The van der Waals surface area contributed by atoms with Gasteiger partial charge in [-0.2, -0.15) is 0 Å². The first-order chi connectivity index (χ1) is 9.97. The van der Waals surface area contributed by atoms with Crippen LogP contribution in [0, 0.1) is 5.92 Å². The summed E-state index contributed by atoms with van der Waals surface area (Å²) in [5.41, 5.74) is 1.23. The van der Waals surface area contributed by atoms with Crippen LogP contribution in [0.1, 0.15) is 35.9 Å². The van der Waals surface area contributed by atoms with E-state index in [9.17, 15) is 4.79 Å². The number of benzene rings is 1. The predicted octanol–water partition coefficient (Wildman–Crippen LogP) is 3.91. The number of hydrogen-bond donors (Lipinski definition) is 1. The lowest BCUT2D eigenvalue weighted by Gasteiger charge is -2.22. The molecule has 0 aliphatic carbocycles. The molecule has 1 atom stereocenters. The number of carbonyl (C=O) groups is 1. The Kier molecular flexibility index (Phi) is 5.15. The SMILES string of the molecule is CC(C)C(NC(=O)c1cnc(Cl)cn1)c1ccc(Cl)cc1. The van der Waals surface area contributed by atoms with Gasteiger partial charge in [0.2, 0.25) is 0 Å². The van der Waals surface area contributed by atoms with Gasteiger partial charge in [-0.05, 0) is 23.6 Å². The summed E-state index contributed by atoms with van der Waals surface area (Å²) in [6, 6.07) is 7.29. The van der Waals surface area contributed by atoms with Gasteiger partial charge in [-0.3, -0.25) is 4.79 Å². The fraction of sp³-hybridized carbons (Fsp3) is 0.267. The van der Waals surface area contributed by atoms with E-state index in [-0.39, 0.29) is 28.7 Å². The van der Waals surface area contributed by atoms with Crippen LogP contribution >= 0.6 is 23.2 Å². The summed E-state index contributed by atoms with van der Waals surface area (Å²) in [6.07, 6.45) is 2.71. The second kappa shape index (κ2) is 6.87. The van der Waals surface area contributed by atoms with Gasteiger partial charge in [0.25, 0.3) is 5.91 Å². The summed E-state index contributed by atoms with van der Waals surface area (Å²) in [5, 5.41) is 3.88. The van der Waals surface area contributed by atoms with Gasteiger partial charge in [0, 0.05) is 5.02 Å². The monoisotopic (exact) mass is 323 g/mol. The third-order valence-corrected chi connectivity index (χ3v) is 3.48. The number of halogens is 2. The molecule has 4 nitrogen and oxygen atoms in total. The van der Waals surface area contributed by atoms with E-state index in [1.807, 2.05) is 26.0 Å². The molecule has 0 spiro atoms. The molecule has 110 valence electrons. The lowest BCUT2D eigenvalue weighted by Crippen LogP contribution is -2.32. The van der Waals surface area contributed by atoms with E-state index in [1.165, 1.54) is 12.4 Å². The first-order valence-electron chi connectivity index (χ1n) is 6.51. The van der Waals surface area contributed by atoms with Gasteiger partial charge in [-0.15, -0.1) is 0 Å². The minimum atomic E-state index is -0.284. The molecule has 21 heavy (non-hydrogen) atoms. The van der Waals surface area contributed by atoms with Crippen molar-refractivity contribution in [3.8, 4) is 0 Å². The molecule has 1 aromatic carbocycles. The van der Waals surface area contributed by atoms with Crippen LogP contribution in [0.5, 0.6) is 0 Å². The molecule has 1 heterocycles. The van der Waals surface area contributed by atoms with Crippen molar-refractivity contribution < 1.29 is 4.79 Å². The molecular formula is C15H15Cl2N3O. The quantitative estimate of drug-likeness (QED) is 0.928. The van der Waals surface area contributed by atoms with Crippen LogP contribution in [-0.4, -0.2) is 15.9 Å². The van der Waals surface area contributed by atoms with E-state index in [0.29, 0.717) is 5.02 Å². The summed E-state index contributed by atoms with van der Waals surface area (Å²) in [4.78, 5) is 20.1. The second-order valence-electron chi connectivity index (χ2n) is 4.97. The van der Waals surface area contributed by atoms with E-state index in [0.717, 1.165) is 5.56 Å². The highest BCUT2D eigenvalue weighted by molar-refractivity contribution is 6.30. The standard InChI is InChI=1S/C15H15Cl2N3O/c1-9(2)14(10-3-5-11(16)6-4-10)20-15(21)12-7-19-13(17)8-18-12/h3-9,14H,1-2H3,(H,20,21). The van der Waals surface area contributed by atoms with Crippen LogP contribution in [0.4, 0.5) is 0 Å². The smallest absolute Gasteiger partial charge is 0.271 e. The lowest BCUT2D eigenvalue weighted by atomic mass is 9.96. The third-order valence-electron chi connectivity index (χ3n) is 3.04. The molecule has 0 bridgehead atoms. The van der Waals surface area contributed by atoms with Gasteiger partial charge in [0.1, 0.15) is 10.8 Å². The molecule has 2 rings (SSSR count). The summed E-state index contributed by atoms with van der Waals surface area (Å²) in [5.74, 6) is -0.0665. The maximum absolute atomic E-state index is 12.2. The van der Waals surface area contributed by atoms with Crippen LogP contribution in [0.2, 0.25) is 10.2 Å². The van der Waals surface area contributed by atoms with E-state index in [4.69, 9.17) is 23.2 Å². The topological polar surface area (TPSA) is 54.9 Å². The van der Waals surface area contributed by atoms with Crippen molar-refractivity contribution in [2.24, 2.45) is 5.92 Å². The van der Waals surface area contributed by atoms with Gasteiger partial charge < -0.3 is 5.32 Å². The van der Waals surface area contributed by atoms with Gasteiger partial charge in [-0.25, -0.2) is 9.97 Å². The van der Waals surface area contributed by atoms with Crippen LogP contribution < -0.4 is 5.32 Å². The van der Waals surface area contributed by atoms with Gasteiger partial charge in [0.15, 0.2) is 0 Å². The number of carbonyl (C=O) groups excluding carboxylic acids is 1. The Morgan fingerprint density at radius 1 is 1.10 bits per heavy atom. The third kappa shape index (κ3) is 4.16. The van der Waals surface area contributed by atoms with E-state index in [2.05, 4.69) is 15.3 Å². The second-order valence-corrected chi connectivity index (χ2v) is 5.79. The summed E-state index contributed by atoms with van der Waals surface area (Å²) in [7, 11) is 0. The van der Waals surface area contributed by atoms with Crippen molar-refractivity contribution in [3.05, 3.63) is 58.1 Å². The van der Waals surface area contributed by atoms with Gasteiger partial charge in [0.05, 0.1) is 18.4 Å². The molecular weight excluding hydrogens is 309 g/mol. The molecule has 0 saturated carbocycles. The average molecular weight is 324 g/mol. The van der Waals surface area contributed by atoms with Crippen molar-refractivity contribution in [1.82, 2.24) is 15.3 Å². The maximum atomic E-state index is 12.2. The van der Waals surface area contributed by atoms with Crippen molar-refractivity contribution in [2.45, 2.75) is 19.9 Å². The van der Waals surface area contributed by atoms with Gasteiger partial charge in [-0.1, -0.05) is 49.2 Å². The molecule has 0 radical (unpaired) electrons. The van der Waals surface area contributed by atoms with Crippen LogP contribution in [-0.2, 0) is 0 Å². The van der Waals surface area contributed by atoms with Crippen LogP contribution in [0.3, 0.4) is 0 Å². The lowest BCUT2D eigenvalue weighted by molar-refractivity contribution is 0.0920. The molecule has 0 aliphatic heterocycles. The Labute approximate surface area is 133 Å². The largest absolute Gasteiger partial charge is 0.344 e. The zero-order chi connectivity index (χ0) is 15.4. The van der Waals surface area contributed by atoms with Crippen molar-refractivity contribution >= 4 is 29.1 Å². The first-order valence-corrected chi connectivity index (χ1v) is 7.27. The number of nitrogens with one attached hydrogen (secondary N) is 1. The Bertz CT molecular complexity index is 612. The molecule has 2 aromatic rings. The minimum Gasteiger partial charge on any atom is -0.344 e. The Morgan fingerprint density at radius 3 is 2.29 bits per heavy atom. The summed E-state index contributed by atoms with van der Waals surface area (Å²) >= 11 is 11.6. The predicted molar refractivity (Wildman–Crippen MR) is 83.5 cm³/mol. The maximum Gasteiger partial charge on any atom is 0.271 e. The molecule has 6 heteroatoms. The van der Waals surface area contributed by atoms with Gasteiger partial charge >= 0.3 is 0 Å². The van der Waals surface area contributed by atoms with Crippen LogP contribution in [0.15, 0.2) is 36.7 Å². The number of amides is 1. The highest BCUT2D eigenvalue weighted by Gasteiger charge is 2.20. The van der Waals surface area contributed by atoms with Crippen LogP contribution in [0.25, 0.3) is 0 Å². The normalized spacial score (nSPS) is 12.2. The average Bonchev–Trinajstić information content (AvgIpc) is 2.46. The Balaban J connectivity index is 2.18. The molecule has 1 unspecified atom stereocenters. The molecule has 1 amide bonds. The number of rotatable bonds is 4. The molecule has 0 saturated heterocycles. The number of nitrogens with zero attached hydrogens (tertiary/aromatic N) is 2. The van der Waals surface area contributed by atoms with E-state index < -0.39 is 0 Å². The minimum absolute atomic E-state index is 0.132. The summed E-state index contributed by atoms with van der Waals surface area (Å²) in [6.45, 7) is 4.07. The number of aromatic nitrogens is 2. The molecule has 0 aliphatic rings. The number of hydrogen-bond acceptors (Lipinski definition) is 3. The fourth-order valence-corrected chi connectivity index (χ4v) is 2.17. The van der Waals surface area contributed by atoms with E-state index in [1.54, 1.807) is 12.1 Å².